The molecule has 5 heavy (non-hydrogen) atoms. The molecule has 0 fully saturated rings. The van der Waals surface area contributed by atoms with Crippen LogP contribution in [-0.2, 0) is 0 Å². The second-order valence-corrected chi connectivity index (χ2v) is 1.27. The van der Waals surface area contributed by atoms with E-state index in [-0.39, 0.29) is 59.6 Å². The molecule has 0 N–H and O–H groups in total. The molecule has 0 aromatic rings. The van der Waals surface area contributed by atoms with Crippen LogP contribution in [0.1, 0.15) is 1.43 Å². The molecule has 5 heteroatoms. The van der Waals surface area contributed by atoms with E-state index >= 15 is 0 Å². The van der Waals surface area contributed by atoms with Gasteiger partial charge in [-0.2, -0.15) is 0 Å². The third kappa shape index (κ3) is 21.4. The molecule has 0 atom stereocenters. The summed E-state index contributed by atoms with van der Waals surface area (Å²) in [4.78, 5) is 0. The van der Waals surface area contributed by atoms with Gasteiger partial charge in [-0.1, -0.05) is 0 Å². The van der Waals surface area contributed by atoms with Crippen LogP contribution >= 0.6 is 0 Å². The maximum atomic E-state index is 8.57. The minimum Gasteiger partial charge on any atom is -0.427 e. The maximum Gasteiger partial charge on any atom is 1.00 e. The van der Waals surface area contributed by atoms with Gasteiger partial charge in [0, 0.05) is 0 Å². The molecule has 0 bridgehead atoms. The van der Waals surface area contributed by atoms with Gasteiger partial charge in [0.05, 0.1) is 0 Å². The summed E-state index contributed by atoms with van der Waals surface area (Å²) < 4.78 is 25.7. The summed E-state index contributed by atoms with van der Waals surface area (Å²) in [6, 6.07) is 0. The van der Waals surface area contributed by atoms with Crippen LogP contribution in [0.25, 0.3) is 0 Å². The van der Waals surface area contributed by atoms with E-state index in [1.54, 1.807) is 0 Å². The van der Waals surface area contributed by atoms with Crippen molar-refractivity contribution >= 4 is 0 Å². The van der Waals surface area contributed by atoms with Gasteiger partial charge >= 0.3 is 59.6 Å². The fourth-order valence-corrected chi connectivity index (χ4v) is 0. The van der Waals surface area contributed by atoms with Crippen molar-refractivity contribution in [3.8, 4) is 0 Å². The third-order valence-corrected chi connectivity index (χ3v) is 0. The zero-order chi connectivity index (χ0) is 3.58. The van der Waals surface area contributed by atoms with Crippen molar-refractivity contribution in [2.24, 2.45) is 0 Å². The predicted octanol–water partition coefficient (Wildman–Crippen LogP) is -9.45. The molecule has 0 aliphatic carbocycles. The average Bonchev–Trinajstić information content (AvgIpc) is 0.811. The fraction of sp³-hybridized carbons (Fsp3) is 0. The van der Waals surface area contributed by atoms with Gasteiger partial charge in [-0.3, -0.25) is 0 Å². The largest absolute Gasteiger partial charge is 1.00 e. The van der Waals surface area contributed by atoms with Crippen LogP contribution in [0.15, 0.2) is 0 Å². The number of halogens is 1. The molecule has 0 radical (unpaired) electrons. The van der Waals surface area contributed by atoms with Gasteiger partial charge < -0.3 is 10.3 Å². The predicted molar refractivity (Wildman–Crippen MR) is 1.11 cm³/mol. The fourth-order valence-electron chi connectivity index (χ4n) is 0. The molecular weight excluding hydrogens is 260 g/mol. The van der Waals surface area contributed by atoms with Crippen molar-refractivity contribution < 1.29 is 91.0 Å². The average molecular weight is 261 g/mol. The zero-order valence-corrected chi connectivity index (χ0v) is 9.68. The Morgan fingerprint density at radius 1 is 1.20 bits per heavy atom. The van der Waals surface area contributed by atoms with E-state index in [9.17, 15) is 0 Å². The summed E-state index contributed by atoms with van der Waals surface area (Å²) in [5, 5.41) is 0. The standard InChI is InChI=1S/IO3.Rb/c2-1(3)4;/q-1;+1/p+1. The zero-order valence-electron chi connectivity index (χ0n) is 3.60. The Kier molecular flexibility index (Phi) is 13.4. The smallest absolute Gasteiger partial charge is 0.427 e. The number of rotatable bonds is 0. The number of hydrogen-bond acceptors (Lipinski definition) is 3. The molecule has 0 saturated carbocycles. The summed E-state index contributed by atoms with van der Waals surface area (Å²) in [5.74, 6) is 0. The third-order valence-electron chi connectivity index (χ3n) is 0. The minimum absolute atomic E-state index is 0. The molecule has 0 heterocycles. The Bertz CT molecular complexity index is 15.5. The number of hydrogen-bond donors (Lipinski definition) is 0. The van der Waals surface area contributed by atoms with E-state index in [0.717, 1.165) is 0 Å². The van der Waals surface area contributed by atoms with Crippen molar-refractivity contribution in [1.82, 2.24) is 0 Å². The van der Waals surface area contributed by atoms with Gasteiger partial charge in [-0.15, -0.1) is 0 Å². The molecule has 0 aromatic heterocycles. The van der Waals surface area contributed by atoms with Crippen LogP contribution in [-0.4, -0.2) is 0 Å². The Labute approximate surface area is 88.7 Å². The summed E-state index contributed by atoms with van der Waals surface area (Å²) >= 11 is -4.01. The summed E-state index contributed by atoms with van der Waals surface area (Å²) in [7, 11) is 0. The van der Waals surface area contributed by atoms with Crippen molar-refractivity contribution in [3.63, 3.8) is 0 Å². The van der Waals surface area contributed by atoms with Crippen molar-refractivity contribution in [3.05, 3.63) is 0 Å². The van der Waals surface area contributed by atoms with Crippen LogP contribution in [0.5, 0.6) is 0 Å². The molecule has 3 nitrogen and oxygen atoms in total. The van der Waals surface area contributed by atoms with E-state index in [1.165, 1.54) is 0 Å². The summed E-state index contributed by atoms with van der Waals surface area (Å²) in [5.41, 5.74) is 0. The van der Waals surface area contributed by atoms with Gasteiger partial charge in [0.25, 0.3) is 21.1 Å². The van der Waals surface area contributed by atoms with Gasteiger partial charge in [0.2, 0.25) is 0 Å². The Hall–Kier alpha value is 2.42. The minimum atomic E-state index is -4.01. The first-order valence-corrected chi connectivity index (χ1v) is 3.11. The van der Waals surface area contributed by atoms with Crippen LogP contribution < -0.4 is 89.6 Å². The van der Waals surface area contributed by atoms with Gasteiger partial charge in [0.1, 0.15) is 0 Å². The van der Waals surface area contributed by atoms with Crippen LogP contribution in [0.4, 0.5) is 0 Å². The van der Waals surface area contributed by atoms with Gasteiger partial charge in [-0.25, -0.2) is 0 Å². The second kappa shape index (κ2) is 6.42. The molecule has 0 aliphatic heterocycles. The topological polar surface area (TPSA) is 69.2 Å². The molecule has 0 aliphatic rings. The molecule has 0 unspecified atom stereocenters. The van der Waals surface area contributed by atoms with E-state index in [4.69, 9.17) is 10.3 Å². The van der Waals surface area contributed by atoms with Crippen LogP contribution in [0.2, 0.25) is 0 Å². The van der Waals surface area contributed by atoms with Crippen molar-refractivity contribution in [2.75, 3.05) is 0 Å². The first kappa shape index (κ1) is 10.4. The molecule has 0 amide bonds. The quantitative estimate of drug-likeness (QED) is 0.407. The van der Waals surface area contributed by atoms with E-state index < -0.39 is 21.1 Å². The second-order valence-electron chi connectivity index (χ2n) is 0.189. The molecule has 0 saturated heterocycles. The van der Waals surface area contributed by atoms with Crippen molar-refractivity contribution in [1.29, 1.82) is 0 Å². The normalized spacial score (nSPS) is 7.20. The Morgan fingerprint density at radius 3 is 1.20 bits per heavy atom. The van der Waals surface area contributed by atoms with Crippen LogP contribution in [0, 0.1) is 0 Å². The van der Waals surface area contributed by atoms with E-state index in [2.05, 4.69) is 0 Å². The Morgan fingerprint density at radius 2 is 1.20 bits per heavy atom. The van der Waals surface area contributed by atoms with E-state index in [1.807, 2.05) is 0 Å². The SMILES string of the molecule is [H+].[O-][I+2]([O-])[O-].[Rb+]. The Balaban J connectivity index is -0.0000000450. The molecule has 0 rings (SSSR count). The summed E-state index contributed by atoms with van der Waals surface area (Å²) in [6.07, 6.45) is 0. The van der Waals surface area contributed by atoms with E-state index in [0.29, 0.717) is 0 Å². The first-order valence-electron chi connectivity index (χ1n) is 0.463. The monoisotopic (exact) mass is 261 g/mol. The van der Waals surface area contributed by atoms with Crippen LogP contribution in [0.3, 0.4) is 0 Å². The molecule has 26 valence electrons. The molecule has 0 aromatic carbocycles. The summed E-state index contributed by atoms with van der Waals surface area (Å²) in [6.45, 7) is 0. The first-order chi connectivity index (χ1) is 1.73. The molecule has 0 spiro atoms. The van der Waals surface area contributed by atoms with Gasteiger partial charge in [0.15, 0.2) is 0 Å². The van der Waals surface area contributed by atoms with Crippen molar-refractivity contribution in [2.45, 2.75) is 0 Å². The van der Waals surface area contributed by atoms with Gasteiger partial charge in [-0.05, 0) is 0 Å². The molecular formula is HIO3Rb+. The maximum absolute atomic E-state index is 8.57.